The first-order chi connectivity index (χ1) is 14.3. The van der Waals surface area contributed by atoms with Crippen LogP contribution >= 0.6 is 11.3 Å². The summed E-state index contributed by atoms with van der Waals surface area (Å²) >= 11 is 1.28. The Morgan fingerprint density at radius 1 is 1.10 bits per heavy atom. The molecule has 0 unspecified atom stereocenters. The van der Waals surface area contributed by atoms with Crippen molar-refractivity contribution in [3.63, 3.8) is 0 Å². The molecule has 0 radical (unpaired) electrons. The van der Waals surface area contributed by atoms with Gasteiger partial charge < -0.3 is 24.8 Å². The molecule has 0 bridgehead atoms. The van der Waals surface area contributed by atoms with E-state index in [0.717, 1.165) is 12.0 Å². The molecule has 0 fully saturated rings. The highest BCUT2D eigenvalue weighted by Crippen LogP contribution is 2.39. The van der Waals surface area contributed by atoms with E-state index >= 15 is 0 Å². The first-order valence-electron chi connectivity index (χ1n) is 9.82. The summed E-state index contributed by atoms with van der Waals surface area (Å²) in [6.45, 7) is 8.25. The van der Waals surface area contributed by atoms with Crippen LogP contribution < -0.4 is 20.1 Å². The summed E-state index contributed by atoms with van der Waals surface area (Å²) in [6, 6.07) is 5.40. The lowest BCUT2D eigenvalue weighted by Crippen LogP contribution is -2.43. The molecule has 2 rings (SSSR count). The smallest absolute Gasteiger partial charge is 0.341 e. The molecule has 1 amide bonds. The highest BCUT2D eigenvalue weighted by atomic mass is 32.1. The SMILES string of the molecule is CCOC(=O)c1c(-c2ccc(OC)c(OC)c2)csc1NC(=O)CNC(C)(C)CC. The number of hydrogen-bond donors (Lipinski definition) is 2. The molecule has 2 N–H and O–H groups in total. The van der Waals surface area contributed by atoms with Gasteiger partial charge in [0.2, 0.25) is 5.91 Å². The minimum Gasteiger partial charge on any atom is -0.493 e. The van der Waals surface area contributed by atoms with Crippen LogP contribution in [0.15, 0.2) is 23.6 Å². The normalized spacial score (nSPS) is 11.1. The molecule has 8 heteroatoms. The van der Waals surface area contributed by atoms with E-state index in [1.807, 2.05) is 25.3 Å². The van der Waals surface area contributed by atoms with E-state index in [9.17, 15) is 9.59 Å². The predicted octanol–water partition coefficient (Wildman–Crippen LogP) is 4.33. The highest BCUT2D eigenvalue weighted by Gasteiger charge is 2.24. The first-order valence-corrected chi connectivity index (χ1v) is 10.7. The van der Waals surface area contributed by atoms with Crippen molar-refractivity contribution in [2.45, 2.75) is 39.7 Å². The highest BCUT2D eigenvalue weighted by molar-refractivity contribution is 7.15. The number of nitrogens with one attached hydrogen (secondary N) is 2. The van der Waals surface area contributed by atoms with Gasteiger partial charge in [-0.3, -0.25) is 4.79 Å². The molecular weight excluding hydrogens is 404 g/mol. The van der Waals surface area contributed by atoms with Crippen LogP contribution in [0.3, 0.4) is 0 Å². The average molecular weight is 435 g/mol. The van der Waals surface area contributed by atoms with Crippen LogP contribution in [0.1, 0.15) is 44.5 Å². The van der Waals surface area contributed by atoms with Gasteiger partial charge in [-0.25, -0.2) is 4.79 Å². The second kappa shape index (κ2) is 10.4. The van der Waals surface area contributed by atoms with Gasteiger partial charge in [0.25, 0.3) is 0 Å². The molecular formula is C22H30N2O5S. The third kappa shape index (κ3) is 5.73. The largest absolute Gasteiger partial charge is 0.493 e. The van der Waals surface area contributed by atoms with Gasteiger partial charge in [-0.2, -0.15) is 0 Å². The van der Waals surface area contributed by atoms with Crippen LogP contribution in [0.4, 0.5) is 5.00 Å². The summed E-state index contributed by atoms with van der Waals surface area (Å²) in [5, 5.41) is 8.35. The molecule has 1 aromatic heterocycles. The maximum Gasteiger partial charge on any atom is 0.341 e. The Labute approximate surface area is 181 Å². The number of thiophene rings is 1. The number of esters is 1. The number of carbonyl (C=O) groups excluding carboxylic acids is 2. The zero-order valence-corrected chi connectivity index (χ0v) is 19.2. The Balaban J connectivity index is 2.36. The molecule has 164 valence electrons. The molecule has 7 nitrogen and oxygen atoms in total. The second-order valence-electron chi connectivity index (χ2n) is 7.28. The van der Waals surface area contributed by atoms with E-state index in [-0.39, 0.29) is 24.6 Å². The van der Waals surface area contributed by atoms with E-state index in [1.165, 1.54) is 11.3 Å². The molecule has 1 heterocycles. The monoisotopic (exact) mass is 434 g/mol. The van der Waals surface area contributed by atoms with Gasteiger partial charge in [0.1, 0.15) is 10.6 Å². The van der Waals surface area contributed by atoms with Crippen LogP contribution in [0, 0.1) is 0 Å². The molecule has 0 spiro atoms. The second-order valence-corrected chi connectivity index (χ2v) is 8.16. The average Bonchev–Trinajstić information content (AvgIpc) is 3.15. The molecule has 0 atom stereocenters. The molecule has 30 heavy (non-hydrogen) atoms. The minimum atomic E-state index is -0.485. The summed E-state index contributed by atoms with van der Waals surface area (Å²) < 4.78 is 15.9. The van der Waals surface area contributed by atoms with Crippen LogP contribution in [0.5, 0.6) is 11.5 Å². The standard InChI is InChI=1S/C22H30N2O5S/c1-7-22(3,4)23-12-18(25)24-20-19(21(26)29-8-2)15(13-30-20)14-9-10-16(27-5)17(11-14)28-6/h9-11,13,23H,7-8,12H2,1-6H3,(H,24,25). The summed E-state index contributed by atoms with van der Waals surface area (Å²) in [5.41, 5.74) is 1.60. The van der Waals surface area contributed by atoms with Crippen LogP contribution in [-0.4, -0.2) is 44.8 Å². The molecule has 2 aromatic rings. The Morgan fingerprint density at radius 3 is 2.40 bits per heavy atom. The maximum atomic E-state index is 12.7. The fourth-order valence-electron chi connectivity index (χ4n) is 2.69. The van der Waals surface area contributed by atoms with Gasteiger partial charge in [-0.05, 0) is 44.9 Å². The number of ether oxygens (including phenoxy) is 3. The van der Waals surface area contributed by atoms with Crippen molar-refractivity contribution in [1.82, 2.24) is 5.32 Å². The molecule has 1 aromatic carbocycles. The van der Waals surface area contributed by atoms with Gasteiger partial charge >= 0.3 is 5.97 Å². The number of anilines is 1. The quantitative estimate of drug-likeness (QED) is 0.542. The topological polar surface area (TPSA) is 85.9 Å². The van der Waals surface area contributed by atoms with E-state index in [0.29, 0.717) is 27.6 Å². The number of amides is 1. The third-order valence-corrected chi connectivity index (χ3v) is 5.72. The minimum absolute atomic E-state index is 0.146. The van der Waals surface area contributed by atoms with Gasteiger partial charge in [0.15, 0.2) is 11.5 Å². The Kier molecular flexibility index (Phi) is 8.25. The Hall–Kier alpha value is -2.58. The van der Waals surface area contributed by atoms with Gasteiger partial charge in [0, 0.05) is 16.5 Å². The molecule has 0 aliphatic rings. The zero-order chi connectivity index (χ0) is 22.3. The van der Waals surface area contributed by atoms with Crippen molar-refractivity contribution in [2.24, 2.45) is 0 Å². The number of benzene rings is 1. The van der Waals surface area contributed by atoms with Gasteiger partial charge in [-0.1, -0.05) is 13.0 Å². The predicted molar refractivity (Wildman–Crippen MR) is 120 cm³/mol. The van der Waals surface area contributed by atoms with Crippen molar-refractivity contribution >= 4 is 28.2 Å². The van der Waals surface area contributed by atoms with E-state index < -0.39 is 5.97 Å². The Bertz CT molecular complexity index is 892. The van der Waals surface area contributed by atoms with E-state index in [4.69, 9.17) is 14.2 Å². The van der Waals surface area contributed by atoms with Crippen molar-refractivity contribution < 1.29 is 23.8 Å². The first kappa shape index (κ1) is 23.7. The molecule has 0 saturated heterocycles. The Morgan fingerprint density at radius 2 is 1.80 bits per heavy atom. The van der Waals surface area contributed by atoms with E-state index in [2.05, 4.69) is 17.6 Å². The van der Waals surface area contributed by atoms with Gasteiger partial charge in [-0.15, -0.1) is 11.3 Å². The van der Waals surface area contributed by atoms with Crippen molar-refractivity contribution in [3.8, 4) is 22.6 Å². The number of methoxy groups -OCH3 is 2. The van der Waals surface area contributed by atoms with Crippen molar-refractivity contribution in [3.05, 3.63) is 29.1 Å². The zero-order valence-electron chi connectivity index (χ0n) is 18.4. The van der Waals surface area contributed by atoms with Crippen LogP contribution in [-0.2, 0) is 9.53 Å². The summed E-state index contributed by atoms with van der Waals surface area (Å²) in [4.78, 5) is 25.2. The number of carbonyl (C=O) groups is 2. The van der Waals surface area contributed by atoms with E-state index in [1.54, 1.807) is 33.3 Å². The lowest BCUT2D eigenvalue weighted by molar-refractivity contribution is -0.115. The van der Waals surface area contributed by atoms with Crippen LogP contribution in [0.2, 0.25) is 0 Å². The maximum absolute atomic E-state index is 12.7. The summed E-state index contributed by atoms with van der Waals surface area (Å²) in [5.74, 6) is 0.434. The fraction of sp³-hybridized carbons (Fsp3) is 0.455. The van der Waals surface area contributed by atoms with Crippen molar-refractivity contribution in [1.29, 1.82) is 0 Å². The number of rotatable bonds is 10. The van der Waals surface area contributed by atoms with Crippen LogP contribution in [0.25, 0.3) is 11.1 Å². The summed E-state index contributed by atoms with van der Waals surface area (Å²) in [6.07, 6.45) is 0.886. The third-order valence-electron chi connectivity index (χ3n) is 4.83. The molecule has 0 aliphatic heterocycles. The lowest BCUT2D eigenvalue weighted by atomic mass is 10.0. The van der Waals surface area contributed by atoms with Gasteiger partial charge in [0.05, 0.1) is 27.4 Å². The van der Waals surface area contributed by atoms with Crippen molar-refractivity contribution in [2.75, 3.05) is 32.7 Å². The lowest BCUT2D eigenvalue weighted by Gasteiger charge is -2.24. The summed E-state index contributed by atoms with van der Waals surface area (Å²) in [7, 11) is 3.12. The molecule has 0 aliphatic carbocycles. The fourth-order valence-corrected chi connectivity index (χ4v) is 3.66. The molecule has 0 saturated carbocycles. The number of hydrogen-bond acceptors (Lipinski definition) is 7.